The van der Waals surface area contributed by atoms with E-state index in [-0.39, 0.29) is 5.69 Å². The molecule has 0 amide bonds. The fourth-order valence-electron chi connectivity index (χ4n) is 2.09. The van der Waals surface area contributed by atoms with Crippen LogP contribution in [0.1, 0.15) is 17.2 Å². The summed E-state index contributed by atoms with van der Waals surface area (Å²) in [5.41, 5.74) is 7.20. The molecule has 2 aromatic rings. The molecule has 2 atom stereocenters. The van der Waals surface area contributed by atoms with Crippen LogP contribution in [0.5, 0.6) is 0 Å². The zero-order valence-corrected chi connectivity index (χ0v) is 11.9. The highest BCUT2D eigenvalue weighted by Gasteiger charge is 2.22. The van der Waals surface area contributed by atoms with Gasteiger partial charge in [0.2, 0.25) is 0 Å². The summed E-state index contributed by atoms with van der Waals surface area (Å²) < 4.78 is 0. The van der Waals surface area contributed by atoms with Gasteiger partial charge in [-0.3, -0.25) is 10.1 Å². The first-order valence-corrected chi connectivity index (χ1v) is 6.78. The van der Waals surface area contributed by atoms with Crippen molar-refractivity contribution in [3.63, 3.8) is 0 Å². The van der Waals surface area contributed by atoms with E-state index in [0.717, 1.165) is 5.56 Å². The Morgan fingerprint density at radius 3 is 2.52 bits per heavy atom. The van der Waals surface area contributed by atoms with Gasteiger partial charge in [-0.1, -0.05) is 41.9 Å². The van der Waals surface area contributed by atoms with Gasteiger partial charge in [0.25, 0.3) is 5.69 Å². The van der Waals surface area contributed by atoms with Gasteiger partial charge in [-0.15, -0.1) is 0 Å². The quantitative estimate of drug-likeness (QED) is 0.656. The molecule has 0 aliphatic rings. The number of nitro groups is 1. The van der Waals surface area contributed by atoms with Crippen molar-refractivity contribution in [3.8, 4) is 0 Å². The summed E-state index contributed by atoms with van der Waals surface area (Å²) in [6.07, 6.45) is -0.534. The van der Waals surface area contributed by atoms with Gasteiger partial charge in [0.05, 0.1) is 17.1 Å². The van der Waals surface area contributed by atoms with Crippen molar-refractivity contribution < 1.29 is 10.0 Å². The number of halogens is 1. The van der Waals surface area contributed by atoms with E-state index in [1.165, 1.54) is 18.2 Å². The van der Waals surface area contributed by atoms with Crippen LogP contribution in [0.15, 0.2) is 48.5 Å². The van der Waals surface area contributed by atoms with E-state index in [1.54, 1.807) is 0 Å². The number of nitrogens with zero attached hydrogens (tertiary/aromatic N) is 1. The minimum atomic E-state index is -0.882. The molecule has 0 saturated heterocycles. The van der Waals surface area contributed by atoms with Crippen LogP contribution < -0.4 is 5.73 Å². The number of hydrogen-bond acceptors (Lipinski definition) is 4. The zero-order chi connectivity index (χ0) is 15.4. The topological polar surface area (TPSA) is 89.4 Å². The van der Waals surface area contributed by atoms with Crippen LogP contribution in [0.25, 0.3) is 0 Å². The van der Waals surface area contributed by atoms with Crippen LogP contribution in [0.2, 0.25) is 5.02 Å². The van der Waals surface area contributed by atoms with E-state index >= 15 is 0 Å². The standard InChI is InChI=1S/C15H15ClN2O3/c16-13-7-6-11(18(20)21)9-12(13)15(17)14(19)8-10-4-2-1-3-5-10/h1-7,9,14-15,19H,8,17H2/t14-,15+/m0/s1. The third-order valence-electron chi connectivity index (χ3n) is 3.25. The average Bonchev–Trinajstić information content (AvgIpc) is 2.47. The number of nitro benzene ring substituents is 1. The number of nitrogens with two attached hydrogens (primary N) is 1. The van der Waals surface area contributed by atoms with Crippen molar-refractivity contribution in [2.24, 2.45) is 5.73 Å². The molecule has 3 N–H and O–H groups in total. The zero-order valence-electron chi connectivity index (χ0n) is 11.1. The lowest BCUT2D eigenvalue weighted by Crippen LogP contribution is -2.28. The summed E-state index contributed by atoms with van der Waals surface area (Å²) in [6.45, 7) is 0. The smallest absolute Gasteiger partial charge is 0.269 e. The number of non-ortho nitro benzene ring substituents is 1. The number of aliphatic hydroxyl groups excluding tert-OH is 1. The summed E-state index contributed by atoms with van der Waals surface area (Å²) in [4.78, 5) is 10.3. The fourth-order valence-corrected chi connectivity index (χ4v) is 2.33. The maximum Gasteiger partial charge on any atom is 0.269 e. The van der Waals surface area contributed by atoms with E-state index in [2.05, 4.69) is 0 Å². The van der Waals surface area contributed by atoms with Crippen molar-refractivity contribution in [1.82, 2.24) is 0 Å². The van der Waals surface area contributed by atoms with Crippen molar-refractivity contribution in [2.45, 2.75) is 18.6 Å². The maximum absolute atomic E-state index is 10.8. The van der Waals surface area contributed by atoms with Gasteiger partial charge < -0.3 is 10.8 Å². The summed E-state index contributed by atoms with van der Waals surface area (Å²) in [6, 6.07) is 12.6. The van der Waals surface area contributed by atoms with Crippen LogP contribution in [-0.4, -0.2) is 16.1 Å². The molecule has 5 nitrogen and oxygen atoms in total. The predicted molar refractivity (Wildman–Crippen MR) is 81.2 cm³/mol. The fraction of sp³-hybridized carbons (Fsp3) is 0.200. The van der Waals surface area contributed by atoms with E-state index in [0.29, 0.717) is 17.0 Å². The first-order chi connectivity index (χ1) is 9.99. The lowest BCUT2D eigenvalue weighted by Gasteiger charge is -2.20. The van der Waals surface area contributed by atoms with E-state index in [1.807, 2.05) is 30.3 Å². The third-order valence-corrected chi connectivity index (χ3v) is 3.60. The molecule has 2 aromatic carbocycles. The largest absolute Gasteiger partial charge is 0.391 e. The molecular formula is C15H15ClN2O3. The predicted octanol–water partition coefficient (Wildman–Crippen LogP) is 2.85. The van der Waals surface area contributed by atoms with Gasteiger partial charge in [0.15, 0.2) is 0 Å². The minimum Gasteiger partial charge on any atom is -0.391 e. The highest BCUT2D eigenvalue weighted by atomic mass is 35.5. The van der Waals surface area contributed by atoms with E-state index in [9.17, 15) is 15.2 Å². The summed E-state index contributed by atoms with van der Waals surface area (Å²) in [7, 11) is 0. The Morgan fingerprint density at radius 1 is 1.24 bits per heavy atom. The minimum absolute atomic E-state index is 0.100. The monoisotopic (exact) mass is 306 g/mol. The van der Waals surface area contributed by atoms with Gasteiger partial charge in [-0.05, 0) is 17.2 Å². The highest BCUT2D eigenvalue weighted by molar-refractivity contribution is 6.31. The second-order valence-corrected chi connectivity index (χ2v) is 5.15. The molecular weight excluding hydrogens is 292 g/mol. The van der Waals surface area contributed by atoms with Crippen LogP contribution in [-0.2, 0) is 6.42 Å². The second kappa shape index (κ2) is 6.67. The summed E-state index contributed by atoms with van der Waals surface area (Å²) in [5.74, 6) is 0. The molecule has 0 aromatic heterocycles. The Bertz CT molecular complexity index is 634. The third kappa shape index (κ3) is 3.78. The molecule has 110 valence electrons. The summed E-state index contributed by atoms with van der Waals surface area (Å²) in [5, 5.41) is 21.3. The highest BCUT2D eigenvalue weighted by Crippen LogP contribution is 2.28. The molecule has 0 spiro atoms. The van der Waals surface area contributed by atoms with Crippen molar-refractivity contribution in [1.29, 1.82) is 0 Å². The Labute approximate surface area is 127 Å². The van der Waals surface area contributed by atoms with Crippen molar-refractivity contribution in [2.75, 3.05) is 0 Å². The van der Waals surface area contributed by atoms with Gasteiger partial charge in [-0.25, -0.2) is 0 Å². The molecule has 0 saturated carbocycles. The second-order valence-electron chi connectivity index (χ2n) is 4.75. The molecule has 0 aliphatic carbocycles. The molecule has 0 aliphatic heterocycles. The molecule has 0 bridgehead atoms. The molecule has 2 rings (SSSR count). The normalized spacial score (nSPS) is 13.7. The average molecular weight is 307 g/mol. The summed E-state index contributed by atoms with van der Waals surface area (Å²) >= 11 is 6.03. The first-order valence-electron chi connectivity index (χ1n) is 6.40. The van der Waals surface area contributed by atoms with Crippen LogP contribution in [0.4, 0.5) is 5.69 Å². The Morgan fingerprint density at radius 2 is 1.90 bits per heavy atom. The molecule has 21 heavy (non-hydrogen) atoms. The Balaban J connectivity index is 2.20. The molecule has 6 heteroatoms. The van der Waals surface area contributed by atoms with Gasteiger partial charge in [-0.2, -0.15) is 0 Å². The van der Waals surface area contributed by atoms with E-state index < -0.39 is 17.1 Å². The SMILES string of the molecule is N[C@H](c1cc([N+](=O)[O-])ccc1Cl)[C@@H](O)Cc1ccccc1. The van der Waals surface area contributed by atoms with Gasteiger partial charge in [0.1, 0.15) is 0 Å². The van der Waals surface area contributed by atoms with Crippen LogP contribution in [0, 0.1) is 10.1 Å². The van der Waals surface area contributed by atoms with Gasteiger partial charge >= 0.3 is 0 Å². The first kappa shape index (κ1) is 15.4. The van der Waals surface area contributed by atoms with Crippen LogP contribution >= 0.6 is 11.6 Å². The lowest BCUT2D eigenvalue weighted by molar-refractivity contribution is -0.384. The Kier molecular flexibility index (Phi) is 4.90. The van der Waals surface area contributed by atoms with Gasteiger partial charge in [0, 0.05) is 23.6 Å². The Hall–Kier alpha value is -1.95. The maximum atomic E-state index is 10.8. The number of rotatable bonds is 5. The van der Waals surface area contributed by atoms with E-state index in [4.69, 9.17) is 17.3 Å². The molecule has 0 fully saturated rings. The van der Waals surface area contributed by atoms with Crippen molar-refractivity contribution in [3.05, 3.63) is 74.8 Å². The van der Waals surface area contributed by atoms with Crippen molar-refractivity contribution >= 4 is 17.3 Å². The number of aliphatic hydroxyl groups is 1. The number of hydrogen-bond donors (Lipinski definition) is 2. The van der Waals surface area contributed by atoms with Crippen LogP contribution in [0.3, 0.4) is 0 Å². The lowest BCUT2D eigenvalue weighted by atomic mass is 9.96. The number of benzene rings is 2. The molecule has 0 radical (unpaired) electrons. The molecule has 0 unspecified atom stereocenters. The molecule has 0 heterocycles.